The molecule has 0 radical (unpaired) electrons. The van der Waals surface area contributed by atoms with Gasteiger partial charge in [-0.2, -0.15) is 5.10 Å². The molecule has 3 rings (SSSR count). The summed E-state index contributed by atoms with van der Waals surface area (Å²) in [5, 5.41) is 8.58. The Balaban J connectivity index is 2.02. The first-order valence-corrected chi connectivity index (χ1v) is 8.50. The lowest BCUT2D eigenvalue weighted by atomic mass is 9.79. The van der Waals surface area contributed by atoms with Gasteiger partial charge in [0.05, 0.1) is 12.2 Å². The van der Waals surface area contributed by atoms with Crippen molar-refractivity contribution in [3.63, 3.8) is 0 Å². The molecule has 0 saturated carbocycles. The van der Waals surface area contributed by atoms with E-state index >= 15 is 0 Å². The molecule has 0 amide bonds. The number of rotatable bonds is 5. The van der Waals surface area contributed by atoms with E-state index in [0.29, 0.717) is 0 Å². The molecule has 2 aromatic rings. The van der Waals surface area contributed by atoms with Crippen LogP contribution in [0.25, 0.3) is 0 Å². The molecule has 1 aliphatic rings. The third-order valence-corrected chi connectivity index (χ3v) is 4.85. The summed E-state index contributed by atoms with van der Waals surface area (Å²) in [6.45, 7) is 8.54. The molecule has 23 heavy (non-hydrogen) atoms. The Hall–Kier alpha value is -1.65. The average Bonchev–Trinajstić information content (AvgIpc) is 2.93. The van der Waals surface area contributed by atoms with Crippen molar-refractivity contribution in [3.05, 3.63) is 52.8 Å². The normalized spacial score (nSPS) is 15.0. The van der Waals surface area contributed by atoms with Crippen LogP contribution in [0.5, 0.6) is 0 Å². The summed E-state index contributed by atoms with van der Waals surface area (Å²) >= 11 is 0. The number of benzene rings is 1. The summed E-state index contributed by atoms with van der Waals surface area (Å²) in [6, 6.07) is 10.7. The van der Waals surface area contributed by atoms with E-state index in [2.05, 4.69) is 73.2 Å². The molecule has 1 aliphatic heterocycles. The van der Waals surface area contributed by atoms with Crippen molar-refractivity contribution in [3.8, 4) is 0 Å². The number of hydrogen-bond acceptors (Lipinski definition) is 3. The van der Waals surface area contributed by atoms with Crippen molar-refractivity contribution in [2.75, 3.05) is 27.2 Å². The number of likely N-dealkylation sites (N-methyl/N-ethyl adjacent to an activating group) is 1. The van der Waals surface area contributed by atoms with Crippen LogP contribution in [0.2, 0.25) is 0 Å². The SMILES string of the molecule is CN(C)CCn1nc(C(C)(C)c2ccccc2)c2c1CCNC2. The average molecular weight is 312 g/mol. The summed E-state index contributed by atoms with van der Waals surface area (Å²) in [6.07, 6.45) is 1.07. The van der Waals surface area contributed by atoms with E-state index in [-0.39, 0.29) is 5.41 Å². The Labute approximate surface area is 139 Å². The van der Waals surface area contributed by atoms with Crippen molar-refractivity contribution >= 4 is 0 Å². The predicted molar refractivity (Wildman–Crippen MR) is 94.8 cm³/mol. The number of nitrogens with zero attached hydrogens (tertiary/aromatic N) is 3. The van der Waals surface area contributed by atoms with Crippen LogP contribution in [-0.4, -0.2) is 41.9 Å². The van der Waals surface area contributed by atoms with E-state index in [1.807, 2.05) is 0 Å². The first-order valence-electron chi connectivity index (χ1n) is 8.50. The molecule has 4 nitrogen and oxygen atoms in total. The van der Waals surface area contributed by atoms with E-state index in [4.69, 9.17) is 5.10 Å². The van der Waals surface area contributed by atoms with Gasteiger partial charge in [-0.3, -0.25) is 4.68 Å². The standard InChI is InChI=1S/C19H28N4/c1-19(2,15-8-6-5-7-9-15)18-16-14-20-11-10-17(16)23(21-18)13-12-22(3)4/h5-9,20H,10-14H2,1-4H3. The van der Waals surface area contributed by atoms with Gasteiger partial charge >= 0.3 is 0 Å². The number of nitrogens with one attached hydrogen (secondary N) is 1. The molecule has 124 valence electrons. The van der Waals surface area contributed by atoms with Gasteiger partial charge in [-0.15, -0.1) is 0 Å². The van der Waals surface area contributed by atoms with E-state index in [0.717, 1.165) is 32.6 Å². The molecule has 0 bridgehead atoms. The minimum atomic E-state index is -0.0757. The third kappa shape index (κ3) is 3.19. The zero-order valence-electron chi connectivity index (χ0n) is 14.8. The summed E-state index contributed by atoms with van der Waals surface area (Å²) in [4.78, 5) is 2.22. The predicted octanol–water partition coefficient (Wildman–Crippen LogP) is 2.42. The van der Waals surface area contributed by atoms with Gasteiger partial charge in [-0.25, -0.2) is 0 Å². The maximum Gasteiger partial charge on any atom is 0.0772 e. The Morgan fingerprint density at radius 2 is 1.96 bits per heavy atom. The monoisotopic (exact) mass is 312 g/mol. The molecular weight excluding hydrogens is 284 g/mol. The van der Waals surface area contributed by atoms with Crippen LogP contribution in [0, 0.1) is 0 Å². The van der Waals surface area contributed by atoms with Gasteiger partial charge in [-0.1, -0.05) is 44.2 Å². The third-order valence-electron chi connectivity index (χ3n) is 4.85. The zero-order chi connectivity index (χ0) is 16.4. The van der Waals surface area contributed by atoms with Gasteiger partial charge < -0.3 is 10.2 Å². The van der Waals surface area contributed by atoms with Crippen LogP contribution in [0.3, 0.4) is 0 Å². The molecule has 0 atom stereocenters. The van der Waals surface area contributed by atoms with Crippen LogP contribution < -0.4 is 5.32 Å². The highest BCUT2D eigenvalue weighted by atomic mass is 15.3. The molecule has 0 aliphatic carbocycles. The first kappa shape index (κ1) is 16.2. The zero-order valence-corrected chi connectivity index (χ0v) is 14.8. The molecule has 1 aromatic carbocycles. The van der Waals surface area contributed by atoms with Gasteiger partial charge in [0.25, 0.3) is 0 Å². The lowest BCUT2D eigenvalue weighted by Gasteiger charge is -2.26. The molecule has 0 saturated heterocycles. The van der Waals surface area contributed by atoms with Crippen LogP contribution in [0.4, 0.5) is 0 Å². The summed E-state index contributed by atoms with van der Waals surface area (Å²) in [5.74, 6) is 0. The first-order chi connectivity index (χ1) is 11.0. The molecule has 0 fully saturated rings. The van der Waals surface area contributed by atoms with Crippen LogP contribution in [0.15, 0.2) is 30.3 Å². The van der Waals surface area contributed by atoms with Crippen LogP contribution >= 0.6 is 0 Å². The fourth-order valence-corrected chi connectivity index (χ4v) is 3.39. The Bertz CT molecular complexity index is 656. The Morgan fingerprint density at radius 3 is 2.65 bits per heavy atom. The second kappa shape index (κ2) is 6.46. The molecular formula is C19H28N4. The van der Waals surface area contributed by atoms with Gasteiger partial charge in [0.1, 0.15) is 0 Å². The van der Waals surface area contributed by atoms with Crippen LogP contribution in [-0.2, 0) is 24.9 Å². The highest BCUT2D eigenvalue weighted by molar-refractivity contribution is 5.41. The van der Waals surface area contributed by atoms with Crippen molar-refractivity contribution in [2.24, 2.45) is 0 Å². The van der Waals surface area contributed by atoms with Crippen molar-refractivity contribution < 1.29 is 0 Å². The van der Waals surface area contributed by atoms with E-state index in [1.54, 1.807) is 0 Å². The lowest BCUT2D eigenvalue weighted by Crippen LogP contribution is -2.28. The largest absolute Gasteiger partial charge is 0.312 e. The quantitative estimate of drug-likeness (QED) is 0.920. The summed E-state index contributed by atoms with van der Waals surface area (Å²) < 4.78 is 2.25. The maximum absolute atomic E-state index is 5.06. The molecule has 0 spiro atoms. The van der Waals surface area contributed by atoms with E-state index in [1.165, 1.54) is 22.5 Å². The maximum atomic E-state index is 5.06. The van der Waals surface area contributed by atoms with Gasteiger partial charge in [0.15, 0.2) is 0 Å². The highest BCUT2D eigenvalue weighted by Crippen LogP contribution is 2.35. The van der Waals surface area contributed by atoms with Crippen molar-refractivity contribution in [1.82, 2.24) is 20.0 Å². The van der Waals surface area contributed by atoms with E-state index in [9.17, 15) is 0 Å². The molecule has 1 aromatic heterocycles. The fraction of sp³-hybridized carbons (Fsp3) is 0.526. The number of aromatic nitrogens is 2. The van der Waals surface area contributed by atoms with Crippen LogP contribution in [0.1, 0.15) is 36.4 Å². The Morgan fingerprint density at radius 1 is 1.22 bits per heavy atom. The highest BCUT2D eigenvalue weighted by Gasteiger charge is 2.32. The van der Waals surface area contributed by atoms with Gasteiger partial charge in [-0.05, 0) is 19.7 Å². The van der Waals surface area contributed by atoms with Gasteiger partial charge in [0.2, 0.25) is 0 Å². The Kier molecular flexibility index (Phi) is 4.55. The second-order valence-corrected chi connectivity index (χ2v) is 7.22. The molecule has 4 heteroatoms. The van der Waals surface area contributed by atoms with Crippen molar-refractivity contribution in [2.45, 2.75) is 38.8 Å². The minimum absolute atomic E-state index is 0.0757. The smallest absolute Gasteiger partial charge is 0.0772 e. The topological polar surface area (TPSA) is 33.1 Å². The van der Waals surface area contributed by atoms with Gasteiger partial charge in [0, 0.05) is 42.7 Å². The summed E-state index contributed by atoms with van der Waals surface area (Å²) in [5.41, 5.74) is 5.30. The van der Waals surface area contributed by atoms with Crippen molar-refractivity contribution in [1.29, 1.82) is 0 Å². The lowest BCUT2D eigenvalue weighted by molar-refractivity contribution is 0.366. The molecule has 0 unspecified atom stereocenters. The summed E-state index contributed by atoms with van der Waals surface area (Å²) in [7, 11) is 4.23. The minimum Gasteiger partial charge on any atom is -0.312 e. The van der Waals surface area contributed by atoms with E-state index < -0.39 is 0 Å². The second-order valence-electron chi connectivity index (χ2n) is 7.22. The number of fused-ring (bicyclic) bond motifs is 1. The number of hydrogen-bond donors (Lipinski definition) is 1. The fourth-order valence-electron chi connectivity index (χ4n) is 3.39. The molecule has 1 N–H and O–H groups in total. The molecule has 2 heterocycles.